The van der Waals surface area contributed by atoms with E-state index in [2.05, 4.69) is 27.0 Å². The second kappa shape index (κ2) is 13.3. The van der Waals surface area contributed by atoms with E-state index in [0.717, 1.165) is 23.0 Å². The molecule has 0 aliphatic heterocycles. The molecular formula is C28H34O7. The average Bonchev–Trinajstić information content (AvgIpc) is 2.86. The lowest BCUT2D eigenvalue weighted by molar-refractivity contribution is -0.142. The predicted molar refractivity (Wildman–Crippen MR) is 134 cm³/mol. The van der Waals surface area contributed by atoms with Crippen LogP contribution >= 0.6 is 0 Å². The fraction of sp³-hybridized carbons (Fsp3) is 0.357. The number of ether oxygens (including phenoxy) is 4. The number of hydrogen-bond acceptors (Lipinski definition) is 7. The summed E-state index contributed by atoms with van der Waals surface area (Å²) in [6.07, 6.45) is 0.800. The van der Waals surface area contributed by atoms with Crippen molar-refractivity contribution in [2.24, 2.45) is 0 Å². The van der Waals surface area contributed by atoms with Crippen molar-refractivity contribution in [2.75, 3.05) is 26.4 Å². The molecule has 0 spiro atoms. The van der Waals surface area contributed by atoms with Crippen LogP contribution in [-0.2, 0) is 24.5 Å². The van der Waals surface area contributed by atoms with Crippen LogP contribution in [0.1, 0.15) is 38.3 Å². The molecule has 7 heteroatoms. The number of carbonyl (C=O) groups is 2. The van der Waals surface area contributed by atoms with E-state index in [1.54, 1.807) is 6.92 Å². The maximum absolute atomic E-state index is 11.4. The second-order valence-corrected chi connectivity index (χ2v) is 8.59. The minimum Gasteiger partial charge on any atom is -0.493 e. The quantitative estimate of drug-likeness (QED) is 0.243. The molecule has 0 bridgehead atoms. The lowest BCUT2D eigenvalue weighted by atomic mass is 9.78. The van der Waals surface area contributed by atoms with Gasteiger partial charge in [0.05, 0.1) is 13.2 Å². The Hall–Kier alpha value is -3.58. The molecule has 1 atom stereocenters. The highest BCUT2D eigenvalue weighted by Gasteiger charge is 2.23. The molecule has 2 aromatic carbocycles. The second-order valence-electron chi connectivity index (χ2n) is 8.59. The minimum atomic E-state index is -0.933. The number of aliphatic hydroxyl groups is 1. The summed E-state index contributed by atoms with van der Waals surface area (Å²) in [6, 6.07) is 15.6. The van der Waals surface area contributed by atoms with Gasteiger partial charge in [0.2, 0.25) is 0 Å². The molecule has 0 aromatic heterocycles. The third kappa shape index (κ3) is 8.94. The third-order valence-electron chi connectivity index (χ3n) is 5.32. The molecule has 0 radical (unpaired) electrons. The van der Waals surface area contributed by atoms with Gasteiger partial charge in [0.25, 0.3) is 0 Å². The zero-order valence-corrected chi connectivity index (χ0v) is 20.6. The summed E-state index contributed by atoms with van der Waals surface area (Å²) in [5.74, 6) is 0.380. The van der Waals surface area contributed by atoms with E-state index in [0.29, 0.717) is 18.8 Å². The van der Waals surface area contributed by atoms with Gasteiger partial charge >= 0.3 is 11.9 Å². The molecule has 188 valence electrons. The Morgan fingerprint density at radius 1 is 0.914 bits per heavy atom. The van der Waals surface area contributed by atoms with Gasteiger partial charge in [-0.2, -0.15) is 0 Å². The van der Waals surface area contributed by atoms with Crippen LogP contribution in [0.4, 0.5) is 0 Å². The van der Waals surface area contributed by atoms with Crippen molar-refractivity contribution < 1.29 is 33.6 Å². The molecule has 0 amide bonds. The summed E-state index contributed by atoms with van der Waals surface area (Å²) in [6.45, 7) is 13.2. The third-order valence-corrected chi connectivity index (χ3v) is 5.32. The first kappa shape index (κ1) is 27.7. The van der Waals surface area contributed by atoms with Crippen molar-refractivity contribution in [1.82, 2.24) is 0 Å². The van der Waals surface area contributed by atoms with Crippen LogP contribution in [-0.4, -0.2) is 49.6 Å². The highest BCUT2D eigenvalue weighted by atomic mass is 16.5. The molecule has 2 aromatic rings. The fourth-order valence-electron chi connectivity index (χ4n) is 3.12. The van der Waals surface area contributed by atoms with Gasteiger partial charge in [-0.15, -0.1) is 0 Å². The predicted octanol–water partition coefficient (Wildman–Crippen LogP) is 4.37. The number of aliphatic hydroxyl groups excluding tert-OH is 1. The first-order chi connectivity index (χ1) is 16.6. The fourth-order valence-corrected chi connectivity index (χ4v) is 3.12. The van der Waals surface area contributed by atoms with Gasteiger partial charge in [0, 0.05) is 23.5 Å². The molecule has 0 aliphatic carbocycles. The van der Waals surface area contributed by atoms with Crippen LogP contribution in [0.3, 0.4) is 0 Å². The van der Waals surface area contributed by atoms with E-state index in [4.69, 9.17) is 18.9 Å². The molecule has 0 heterocycles. The summed E-state index contributed by atoms with van der Waals surface area (Å²) in [5.41, 5.74) is 2.24. The maximum Gasteiger partial charge on any atom is 0.333 e. The summed E-state index contributed by atoms with van der Waals surface area (Å²) in [5, 5.41) is 9.94. The summed E-state index contributed by atoms with van der Waals surface area (Å²) >= 11 is 0. The van der Waals surface area contributed by atoms with Crippen molar-refractivity contribution in [2.45, 2.75) is 38.7 Å². The SMILES string of the molecule is C=CC(=O)OCCCOc1ccc(C(C)(C)c2ccc(OCC(O)COC(=O)C(=C)C)cc2)cc1. The van der Waals surface area contributed by atoms with Crippen LogP contribution < -0.4 is 9.47 Å². The summed E-state index contributed by atoms with van der Waals surface area (Å²) < 4.78 is 21.2. The van der Waals surface area contributed by atoms with Crippen LogP contribution in [0, 0.1) is 0 Å². The van der Waals surface area contributed by atoms with Gasteiger partial charge in [-0.25, -0.2) is 9.59 Å². The number of benzene rings is 2. The van der Waals surface area contributed by atoms with E-state index < -0.39 is 18.0 Å². The van der Waals surface area contributed by atoms with Gasteiger partial charge in [0.15, 0.2) is 0 Å². The Balaban J connectivity index is 1.85. The first-order valence-corrected chi connectivity index (χ1v) is 11.4. The Morgan fingerprint density at radius 2 is 1.46 bits per heavy atom. The molecule has 1 unspecified atom stereocenters. The summed E-state index contributed by atoms with van der Waals surface area (Å²) in [7, 11) is 0. The lowest BCUT2D eigenvalue weighted by Gasteiger charge is -2.26. The highest BCUT2D eigenvalue weighted by molar-refractivity contribution is 5.86. The van der Waals surface area contributed by atoms with Crippen molar-refractivity contribution in [1.29, 1.82) is 0 Å². The number of hydrogen-bond donors (Lipinski definition) is 1. The molecule has 0 aliphatic rings. The van der Waals surface area contributed by atoms with E-state index in [-0.39, 0.29) is 30.8 Å². The maximum atomic E-state index is 11.4. The number of rotatable bonds is 14. The minimum absolute atomic E-state index is 0.00433. The lowest BCUT2D eigenvalue weighted by Crippen LogP contribution is -2.25. The van der Waals surface area contributed by atoms with Gasteiger partial charge in [-0.05, 0) is 42.3 Å². The van der Waals surface area contributed by atoms with Crippen molar-refractivity contribution in [3.05, 3.63) is 84.5 Å². The molecular weight excluding hydrogens is 448 g/mol. The molecule has 0 saturated heterocycles. The molecule has 2 rings (SSSR count). The number of carbonyl (C=O) groups excluding carboxylic acids is 2. The van der Waals surface area contributed by atoms with Crippen LogP contribution in [0.25, 0.3) is 0 Å². The van der Waals surface area contributed by atoms with Gasteiger partial charge < -0.3 is 24.1 Å². The average molecular weight is 483 g/mol. The van der Waals surface area contributed by atoms with Gasteiger partial charge in [0.1, 0.15) is 30.8 Å². The standard InChI is InChI=1S/C28H34O7/c1-6-26(30)33-17-7-16-32-24-12-8-21(9-13-24)28(4,5)22-10-14-25(15-11-22)34-18-23(29)19-35-27(31)20(2)3/h6,8-15,23,29H,1-2,7,16-19H2,3-5H3. The van der Waals surface area contributed by atoms with E-state index in [9.17, 15) is 14.7 Å². The first-order valence-electron chi connectivity index (χ1n) is 11.4. The number of esters is 2. The van der Waals surface area contributed by atoms with Crippen molar-refractivity contribution >= 4 is 11.9 Å². The summed E-state index contributed by atoms with van der Waals surface area (Å²) in [4.78, 5) is 22.4. The van der Waals surface area contributed by atoms with E-state index in [1.807, 2.05) is 48.5 Å². The zero-order chi connectivity index (χ0) is 25.8. The molecule has 0 fully saturated rings. The monoisotopic (exact) mass is 482 g/mol. The molecule has 1 N–H and O–H groups in total. The van der Waals surface area contributed by atoms with Gasteiger partial charge in [-0.3, -0.25) is 0 Å². The van der Waals surface area contributed by atoms with Crippen LogP contribution in [0.15, 0.2) is 73.3 Å². The Morgan fingerprint density at radius 3 is 1.97 bits per heavy atom. The zero-order valence-electron chi connectivity index (χ0n) is 20.6. The highest BCUT2D eigenvalue weighted by Crippen LogP contribution is 2.33. The van der Waals surface area contributed by atoms with Crippen LogP contribution in [0.2, 0.25) is 0 Å². The van der Waals surface area contributed by atoms with E-state index >= 15 is 0 Å². The topological polar surface area (TPSA) is 91.3 Å². The van der Waals surface area contributed by atoms with Crippen molar-refractivity contribution in [3.63, 3.8) is 0 Å². The molecule has 35 heavy (non-hydrogen) atoms. The normalized spacial score (nSPS) is 11.8. The molecule has 0 saturated carbocycles. The van der Waals surface area contributed by atoms with Crippen molar-refractivity contribution in [3.8, 4) is 11.5 Å². The largest absolute Gasteiger partial charge is 0.493 e. The Labute approximate surface area is 207 Å². The molecule has 7 nitrogen and oxygen atoms in total. The van der Waals surface area contributed by atoms with Gasteiger partial charge in [-0.1, -0.05) is 51.3 Å². The smallest absolute Gasteiger partial charge is 0.333 e. The Kier molecular flexibility index (Phi) is 10.5. The van der Waals surface area contributed by atoms with Crippen LogP contribution in [0.5, 0.6) is 11.5 Å². The van der Waals surface area contributed by atoms with E-state index in [1.165, 1.54) is 0 Å². The Bertz CT molecular complexity index is 991.